The van der Waals surface area contributed by atoms with Gasteiger partial charge in [0, 0.05) is 38.6 Å². The fourth-order valence-corrected chi connectivity index (χ4v) is 6.50. The Kier molecular flexibility index (Phi) is 4.01. The maximum atomic E-state index is 12.9. The zero-order valence-corrected chi connectivity index (χ0v) is 14.2. The van der Waals surface area contributed by atoms with Gasteiger partial charge in [-0.1, -0.05) is 19.3 Å². The Labute approximate surface area is 138 Å². The van der Waals surface area contributed by atoms with Crippen molar-refractivity contribution in [2.75, 3.05) is 31.1 Å². The molecule has 7 heteroatoms. The number of rotatable bonds is 3. The van der Waals surface area contributed by atoms with Crippen LogP contribution in [-0.2, 0) is 10.0 Å². The van der Waals surface area contributed by atoms with Crippen molar-refractivity contribution in [1.82, 2.24) is 14.3 Å². The Hall–Kier alpha value is -1.21. The normalized spacial score (nSPS) is 29.8. The van der Waals surface area contributed by atoms with E-state index in [9.17, 15) is 8.42 Å². The van der Waals surface area contributed by atoms with Gasteiger partial charge < -0.3 is 4.90 Å². The Morgan fingerprint density at radius 2 is 1.52 bits per heavy atom. The minimum Gasteiger partial charge on any atom is -0.340 e. The van der Waals surface area contributed by atoms with Crippen LogP contribution in [0.4, 0.5) is 5.95 Å². The molecule has 1 aromatic rings. The monoisotopic (exact) mass is 336 g/mol. The molecule has 0 bridgehead atoms. The van der Waals surface area contributed by atoms with E-state index in [2.05, 4.69) is 14.9 Å². The Bertz CT molecular complexity index is 631. The summed E-state index contributed by atoms with van der Waals surface area (Å²) in [5.41, 5.74) is 0. The number of aromatic nitrogens is 2. The minimum absolute atomic E-state index is 0.136. The number of anilines is 1. The number of hydrogen-bond acceptors (Lipinski definition) is 5. The smallest absolute Gasteiger partial charge is 0.225 e. The van der Waals surface area contributed by atoms with Crippen molar-refractivity contribution in [1.29, 1.82) is 0 Å². The van der Waals surface area contributed by atoms with Gasteiger partial charge in [-0.15, -0.1) is 0 Å². The lowest BCUT2D eigenvalue weighted by Crippen LogP contribution is -2.40. The van der Waals surface area contributed by atoms with E-state index >= 15 is 0 Å². The Balaban J connectivity index is 1.42. The van der Waals surface area contributed by atoms with Crippen molar-refractivity contribution >= 4 is 16.0 Å². The predicted octanol–water partition coefficient (Wildman–Crippen LogP) is 1.51. The summed E-state index contributed by atoms with van der Waals surface area (Å²) in [6.07, 6.45) is 8.51. The largest absolute Gasteiger partial charge is 0.340 e. The summed E-state index contributed by atoms with van der Waals surface area (Å²) < 4.78 is 27.5. The van der Waals surface area contributed by atoms with E-state index in [0.717, 1.165) is 44.7 Å². The molecule has 0 radical (unpaired) electrons. The van der Waals surface area contributed by atoms with E-state index in [1.807, 2.05) is 6.07 Å². The minimum atomic E-state index is -3.10. The molecular formula is C16H24N4O2S. The summed E-state index contributed by atoms with van der Waals surface area (Å²) >= 11 is 0. The van der Waals surface area contributed by atoms with Gasteiger partial charge in [-0.2, -0.15) is 0 Å². The summed E-state index contributed by atoms with van der Waals surface area (Å²) in [6.45, 7) is 3.08. The molecule has 1 aromatic heterocycles. The van der Waals surface area contributed by atoms with Crippen LogP contribution < -0.4 is 4.90 Å². The van der Waals surface area contributed by atoms with E-state index in [4.69, 9.17) is 0 Å². The Morgan fingerprint density at radius 1 is 0.913 bits per heavy atom. The molecule has 2 aliphatic heterocycles. The molecule has 0 aromatic carbocycles. The quantitative estimate of drug-likeness (QED) is 0.837. The van der Waals surface area contributed by atoms with E-state index in [-0.39, 0.29) is 5.25 Å². The van der Waals surface area contributed by atoms with Gasteiger partial charge in [-0.05, 0) is 30.7 Å². The maximum Gasteiger partial charge on any atom is 0.225 e. The van der Waals surface area contributed by atoms with Crippen molar-refractivity contribution in [2.24, 2.45) is 11.8 Å². The first-order chi connectivity index (χ1) is 11.1. The second-order valence-electron chi connectivity index (χ2n) is 7.10. The highest BCUT2D eigenvalue weighted by atomic mass is 32.2. The van der Waals surface area contributed by atoms with Crippen molar-refractivity contribution in [3.63, 3.8) is 0 Å². The molecular weight excluding hydrogens is 312 g/mol. The standard InChI is InChI=1S/C16H24N4O2S/c21-23(22,15-5-2-1-3-6-15)20-11-13-9-19(10-14(13)12-20)16-17-7-4-8-18-16/h4,7-8,13-15H,1-3,5-6,9-12H2. The third-order valence-electron chi connectivity index (χ3n) is 5.62. The second kappa shape index (κ2) is 6.02. The molecule has 2 atom stereocenters. The zero-order chi connectivity index (χ0) is 15.9. The molecule has 2 saturated heterocycles. The average molecular weight is 336 g/mol. The molecule has 3 fully saturated rings. The summed E-state index contributed by atoms with van der Waals surface area (Å²) in [4.78, 5) is 10.8. The number of nitrogens with zero attached hydrogens (tertiary/aromatic N) is 4. The van der Waals surface area contributed by atoms with Crippen molar-refractivity contribution < 1.29 is 8.42 Å². The third-order valence-corrected chi connectivity index (χ3v) is 7.95. The topological polar surface area (TPSA) is 66.4 Å². The molecule has 1 saturated carbocycles. The highest BCUT2D eigenvalue weighted by Gasteiger charge is 2.46. The van der Waals surface area contributed by atoms with Gasteiger partial charge in [0.25, 0.3) is 0 Å². The molecule has 3 heterocycles. The zero-order valence-electron chi connectivity index (χ0n) is 13.3. The SMILES string of the molecule is O=S(=O)(C1CCCCC1)N1CC2CN(c3ncccn3)CC2C1. The fourth-order valence-electron chi connectivity index (χ4n) is 4.35. The lowest BCUT2D eigenvalue weighted by atomic mass is 10.0. The van der Waals surface area contributed by atoms with Crippen LogP contribution in [0.25, 0.3) is 0 Å². The van der Waals surface area contributed by atoms with Crippen molar-refractivity contribution in [3.8, 4) is 0 Å². The van der Waals surface area contributed by atoms with Crippen LogP contribution in [0.1, 0.15) is 32.1 Å². The van der Waals surface area contributed by atoms with Crippen LogP contribution in [0.5, 0.6) is 0 Å². The van der Waals surface area contributed by atoms with Gasteiger partial charge in [0.1, 0.15) is 0 Å². The molecule has 23 heavy (non-hydrogen) atoms. The number of fused-ring (bicyclic) bond motifs is 1. The van der Waals surface area contributed by atoms with Crippen LogP contribution in [-0.4, -0.2) is 54.1 Å². The van der Waals surface area contributed by atoms with Crippen molar-refractivity contribution in [2.45, 2.75) is 37.4 Å². The molecule has 0 N–H and O–H groups in total. The first-order valence-corrected chi connectivity index (χ1v) is 10.2. The van der Waals surface area contributed by atoms with Gasteiger partial charge in [-0.25, -0.2) is 22.7 Å². The molecule has 3 aliphatic rings. The van der Waals surface area contributed by atoms with Crippen LogP contribution >= 0.6 is 0 Å². The van der Waals surface area contributed by atoms with Gasteiger partial charge in [0.2, 0.25) is 16.0 Å². The van der Waals surface area contributed by atoms with Crippen LogP contribution in [0, 0.1) is 11.8 Å². The lowest BCUT2D eigenvalue weighted by molar-refractivity contribution is 0.415. The third kappa shape index (κ3) is 2.85. The second-order valence-corrected chi connectivity index (χ2v) is 9.31. The van der Waals surface area contributed by atoms with Gasteiger partial charge in [0.05, 0.1) is 5.25 Å². The maximum absolute atomic E-state index is 12.9. The van der Waals surface area contributed by atoms with Gasteiger partial charge in [0.15, 0.2) is 0 Å². The molecule has 126 valence electrons. The number of sulfonamides is 1. The fraction of sp³-hybridized carbons (Fsp3) is 0.750. The molecule has 4 rings (SSSR count). The van der Waals surface area contributed by atoms with Gasteiger partial charge >= 0.3 is 0 Å². The van der Waals surface area contributed by atoms with Crippen LogP contribution in [0.15, 0.2) is 18.5 Å². The highest BCUT2D eigenvalue weighted by Crippen LogP contribution is 2.36. The first kappa shape index (κ1) is 15.3. The Morgan fingerprint density at radius 3 is 2.13 bits per heavy atom. The van der Waals surface area contributed by atoms with Crippen LogP contribution in [0.2, 0.25) is 0 Å². The molecule has 2 unspecified atom stereocenters. The van der Waals surface area contributed by atoms with E-state index in [1.165, 1.54) is 6.42 Å². The molecule has 0 amide bonds. The summed E-state index contributed by atoms with van der Waals surface area (Å²) in [5, 5.41) is -0.136. The van der Waals surface area contributed by atoms with Crippen LogP contribution in [0.3, 0.4) is 0 Å². The first-order valence-electron chi connectivity index (χ1n) is 8.65. The highest BCUT2D eigenvalue weighted by molar-refractivity contribution is 7.89. The lowest BCUT2D eigenvalue weighted by Gasteiger charge is -2.28. The van der Waals surface area contributed by atoms with E-state index < -0.39 is 10.0 Å². The van der Waals surface area contributed by atoms with E-state index in [1.54, 1.807) is 16.7 Å². The predicted molar refractivity (Wildman–Crippen MR) is 88.6 cm³/mol. The molecule has 1 aliphatic carbocycles. The van der Waals surface area contributed by atoms with Gasteiger partial charge in [-0.3, -0.25) is 0 Å². The van der Waals surface area contributed by atoms with E-state index in [0.29, 0.717) is 24.9 Å². The molecule has 0 spiro atoms. The average Bonchev–Trinajstić information content (AvgIpc) is 3.16. The van der Waals surface area contributed by atoms with Crippen molar-refractivity contribution in [3.05, 3.63) is 18.5 Å². The summed E-state index contributed by atoms with van der Waals surface area (Å²) in [7, 11) is -3.10. The summed E-state index contributed by atoms with van der Waals surface area (Å²) in [6, 6.07) is 1.82. The summed E-state index contributed by atoms with van der Waals surface area (Å²) in [5.74, 6) is 1.60. The molecule has 6 nitrogen and oxygen atoms in total. The number of hydrogen-bond donors (Lipinski definition) is 0.